The van der Waals surface area contributed by atoms with Crippen molar-refractivity contribution in [1.82, 2.24) is 25.5 Å². The number of nitrogens with zero attached hydrogens (tertiary/aromatic N) is 5. The van der Waals surface area contributed by atoms with Gasteiger partial charge < -0.3 is 10.2 Å². The predicted molar refractivity (Wildman–Crippen MR) is 101 cm³/mol. The van der Waals surface area contributed by atoms with Crippen molar-refractivity contribution in [3.05, 3.63) is 47.3 Å². The van der Waals surface area contributed by atoms with E-state index in [0.29, 0.717) is 18.8 Å². The molecule has 0 saturated carbocycles. The molecule has 9 heteroatoms. The third-order valence-electron chi connectivity index (χ3n) is 4.29. The molecule has 4 rings (SSSR count). The van der Waals surface area contributed by atoms with Crippen LogP contribution in [-0.2, 0) is 22.7 Å². The summed E-state index contributed by atoms with van der Waals surface area (Å²) in [5.41, 5.74) is 1.87. The molecule has 1 aromatic carbocycles. The van der Waals surface area contributed by atoms with Crippen molar-refractivity contribution >= 4 is 28.8 Å². The maximum Gasteiger partial charge on any atom is 0.243 e. The SMILES string of the molecule is O=C(Cn1nnc(-c2cccs2)n1)NCc1ccc(N2CCCC2=O)cc1. The lowest BCUT2D eigenvalue weighted by Crippen LogP contribution is -2.28. The molecule has 138 valence electrons. The molecule has 3 aromatic rings. The largest absolute Gasteiger partial charge is 0.350 e. The molecule has 0 aliphatic carbocycles. The third-order valence-corrected chi connectivity index (χ3v) is 5.16. The summed E-state index contributed by atoms with van der Waals surface area (Å²) in [6.45, 7) is 1.19. The van der Waals surface area contributed by atoms with Gasteiger partial charge in [0.15, 0.2) is 0 Å². The molecule has 2 aromatic heterocycles. The average molecular weight is 382 g/mol. The predicted octanol–water partition coefficient (Wildman–Crippen LogP) is 1.84. The van der Waals surface area contributed by atoms with E-state index >= 15 is 0 Å². The topological polar surface area (TPSA) is 93.0 Å². The summed E-state index contributed by atoms with van der Waals surface area (Å²) in [5, 5.41) is 16.9. The van der Waals surface area contributed by atoms with Crippen LogP contribution in [0.1, 0.15) is 18.4 Å². The fraction of sp³-hybridized carbons (Fsp3) is 0.278. The second-order valence-corrected chi connectivity index (χ2v) is 7.16. The molecule has 27 heavy (non-hydrogen) atoms. The summed E-state index contributed by atoms with van der Waals surface area (Å²) in [4.78, 5) is 27.9. The van der Waals surface area contributed by atoms with Crippen LogP contribution in [0, 0.1) is 0 Å². The van der Waals surface area contributed by atoms with Crippen molar-refractivity contribution in [2.24, 2.45) is 0 Å². The summed E-state index contributed by atoms with van der Waals surface area (Å²) < 4.78 is 0. The zero-order chi connectivity index (χ0) is 18.6. The molecule has 0 spiro atoms. The number of tetrazole rings is 1. The quantitative estimate of drug-likeness (QED) is 0.702. The standard InChI is InChI=1S/C18H18N6O2S/c25-16(12-24-21-18(20-22-24)15-3-2-10-27-15)19-11-13-5-7-14(8-6-13)23-9-1-4-17(23)26/h2-3,5-8,10H,1,4,9,11-12H2,(H,19,25). The van der Waals surface area contributed by atoms with E-state index in [4.69, 9.17) is 0 Å². The Hall–Kier alpha value is -3.07. The van der Waals surface area contributed by atoms with Gasteiger partial charge in [0.25, 0.3) is 0 Å². The number of anilines is 1. The van der Waals surface area contributed by atoms with Gasteiger partial charge in [-0.05, 0) is 40.8 Å². The van der Waals surface area contributed by atoms with Crippen molar-refractivity contribution in [3.8, 4) is 10.7 Å². The number of carbonyl (C=O) groups excluding carboxylic acids is 2. The van der Waals surface area contributed by atoms with Crippen LogP contribution in [0.4, 0.5) is 5.69 Å². The Kier molecular flexibility index (Phi) is 4.93. The average Bonchev–Trinajstić information content (AvgIpc) is 3.42. The van der Waals surface area contributed by atoms with Crippen LogP contribution in [0.3, 0.4) is 0 Å². The van der Waals surface area contributed by atoms with Crippen molar-refractivity contribution in [2.75, 3.05) is 11.4 Å². The van der Waals surface area contributed by atoms with E-state index in [2.05, 4.69) is 20.7 Å². The van der Waals surface area contributed by atoms with E-state index in [1.54, 1.807) is 4.90 Å². The minimum absolute atomic E-state index is 0.0126. The number of hydrogen-bond acceptors (Lipinski definition) is 6. The number of thiophene rings is 1. The Morgan fingerprint density at radius 3 is 2.78 bits per heavy atom. The highest BCUT2D eigenvalue weighted by atomic mass is 32.1. The van der Waals surface area contributed by atoms with Crippen LogP contribution in [0.25, 0.3) is 10.7 Å². The van der Waals surface area contributed by atoms with Crippen LogP contribution in [0.2, 0.25) is 0 Å². The third kappa shape index (κ3) is 4.03. The monoisotopic (exact) mass is 382 g/mol. The lowest BCUT2D eigenvalue weighted by atomic mass is 10.2. The zero-order valence-electron chi connectivity index (χ0n) is 14.5. The molecule has 0 unspecified atom stereocenters. The van der Waals surface area contributed by atoms with E-state index in [1.807, 2.05) is 41.8 Å². The van der Waals surface area contributed by atoms with E-state index in [9.17, 15) is 9.59 Å². The lowest BCUT2D eigenvalue weighted by molar-refractivity contribution is -0.122. The molecule has 0 bridgehead atoms. The number of amides is 2. The Morgan fingerprint density at radius 1 is 1.22 bits per heavy atom. The number of carbonyl (C=O) groups is 2. The summed E-state index contributed by atoms with van der Waals surface area (Å²) in [6, 6.07) is 11.5. The van der Waals surface area contributed by atoms with Gasteiger partial charge in [-0.25, -0.2) is 0 Å². The lowest BCUT2D eigenvalue weighted by Gasteiger charge is -2.16. The maximum atomic E-state index is 12.1. The molecule has 0 radical (unpaired) electrons. The Labute approximate surface area is 159 Å². The molecule has 3 heterocycles. The highest BCUT2D eigenvalue weighted by Crippen LogP contribution is 2.21. The summed E-state index contributed by atoms with van der Waals surface area (Å²) in [7, 11) is 0. The number of benzene rings is 1. The second-order valence-electron chi connectivity index (χ2n) is 6.21. The van der Waals surface area contributed by atoms with Crippen LogP contribution >= 0.6 is 11.3 Å². The molecule has 1 fully saturated rings. The smallest absolute Gasteiger partial charge is 0.243 e. The van der Waals surface area contributed by atoms with Gasteiger partial charge in [-0.1, -0.05) is 18.2 Å². The highest BCUT2D eigenvalue weighted by molar-refractivity contribution is 7.13. The van der Waals surface area contributed by atoms with Gasteiger partial charge >= 0.3 is 0 Å². The minimum Gasteiger partial charge on any atom is -0.350 e. The first-order valence-corrected chi connectivity index (χ1v) is 9.55. The van der Waals surface area contributed by atoms with Crippen molar-refractivity contribution < 1.29 is 9.59 Å². The number of rotatable bonds is 6. The molecule has 2 amide bonds. The molecule has 1 saturated heterocycles. The normalized spacial score (nSPS) is 13.9. The van der Waals surface area contributed by atoms with Gasteiger partial charge in [0.2, 0.25) is 17.6 Å². The number of hydrogen-bond donors (Lipinski definition) is 1. The van der Waals surface area contributed by atoms with E-state index in [1.165, 1.54) is 16.1 Å². The fourth-order valence-corrected chi connectivity index (χ4v) is 3.56. The van der Waals surface area contributed by atoms with Gasteiger partial charge in [0.05, 0.1) is 4.88 Å². The summed E-state index contributed by atoms with van der Waals surface area (Å²) in [5.74, 6) is 0.493. The molecule has 0 atom stereocenters. The Bertz CT molecular complexity index is 935. The summed E-state index contributed by atoms with van der Waals surface area (Å²) >= 11 is 1.52. The fourth-order valence-electron chi connectivity index (χ4n) is 2.91. The van der Waals surface area contributed by atoms with Gasteiger partial charge in [-0.3, -0.25) is 9.59 Å². The van der Waals surface area contributed by atoms with Crippen molar-refractivity contribution in [1.29, 1.82) is 0 Å². The minimum atomic E-state index is -0.191. The Morgan fingerprint density at radius 2 is 2.07 bits per heavy atom. The molecule has 1 aliphatic heterocycles. The van der Waals surface area contributed by atoms with Crippen molar-refractivity contribution in [3.63, 3.8) is 0 Å². The Balaban J connectivity index is 1.29. The molecule has 1 aliphatic rings. The van der Waals surface area contributed by atoms with Crippen LogP contribution in [-0.4, -0.2) is 38.6 Å². The zero-order valence-corrected chi connectivity index (χ0v) is 15.4. The van der Waals surface area contributed by atoms with Crippen LogP contribution in [0.15, 0.2) is 41.8 Å². The first-order chi connectivity index (χ1) is 13.2. The molecular formula is C18H18N6O2S. The summed E-state index contributed by atoms with van der Waals surface area (Å²) in [6.07, 6.45) is 1.52. The van der Waals surface area contributed by atoms with E-state index in [-0.39, 0.29) is 18.4 Å². The van der Waals surface area contributed by atoms with Gasteiger partial charge in [0.1, 0.15) is 6.54 Å². The van der Waals surface area contributed by atoms with Gasteiger partial charge in [0, 0.05) is 25.2 Å². The van der Waals surface area contributed by atoms with Gasteiger partial charge in [-0.2, -0.15) is 4.80 Å². The first-order valence-electron chi connectivity index (χ1n) is 8.67. The second kappa shape index (κ2) is 7.67. The first kappa shape index (κ1) is 17.3. The van der Waals surface area contributed by atoms with Gasteiger partial charge in [-0.15, -0.1) is 21.5 Å². The van der Waals surface area contributed by atoms with Crippen LogP contribution in [0.5, 0.6) is 0 Å². The highest BCUT2D eigenvalue weighted by Gasteiger charge is 2.21. The molecule has 1 N–H and O–H groups in total. The van der Waals surface area contributed by atoms with E-state index in [0.717, 1.165) is 29.1 Å². The van der Waals surface area contributed by atoms with E-state index < -0.39 is 0 Å². The van der Waals surface area contributed by atoms with Crippen molar-refractivity contribution in [2.45, 2.75) is 25.9 Å². The molecule has 8 nitrogen and oxygen atoms in total. The maximum absolute atomic E-state index is 12.1. The van der Waals surface area contributed by atoms with Crippen LogP contribution < -0.4 is 10.2 Å². The number of nitrogens with one attached hydrogen (secondary N) is 1. The molecular weight excluding hydrogens is 364 g/mol. The number of aromatic nitrogens is 4.